The summed E-state index contributed by atoms with van der Waals surface area (Å²) in [6.45, 7) is 1.94. The number of nitrogens with zero attached hydrogens (tertiary/aromatic N) is 2. The topological polar surface area (TPSA) is 86.5 Å². The zero-order valence-electron chi connectivity index (χ0n) is 12.2. The molecule has 0 radical (unpaired) electrons. The maximum absolute atomic E-state index is 11.9. The Morgan fingerprint density at radius 3 is 2.67 bits per heavy atom. The first-order valence-corrected chi connectivity index (χ1v) is 6.39. The summed E-state index contributed by atoms with van der Waals surface area (Å²) in [5, 5.41) is 6.37. The van der Waals surface area contributed by atoms with Crippen LogP contribution in [0.4, 0.5) is 0 Å². The van der Waals surface area contributed by atoms with Crippen molar-refractivity contribution >= 4 is 5.91 Å². The lowest BCUT2D eigenvalue weighted by molar-refractivity contribution is -0.120. The van der Waals surface area contributed by atoms with E-state index in [2.05, 4.69) is 15.5 Å². The Hall–Kier alpha value is -2.57. The smallest absolute Gasteiger partial charge is 0.246 e. The van der Waals surface area contributed by atoms with Gasteiger partial charge in [-0.2, -0.15) is 4.98 Å². The molecule has 112 valence electrons. The summed E-state index contributed by atoms with van der Waals surface area (Å²) in [5.74, 6) is 2.00. The van der Waals surface area contributed by atoms with Gasteiger partial charge in [-0.3, -0.25) is 4.79 Å². The van der Waals surface area contributed by atoms with Crippen LogP contribution in [0.25, 0.3) is 0 Å². The SMILES string of the molecule is COc1ccc(CC(=O)NCc2nc(C)no2)cc1OC. The number of aromatic nitrogens is 2. The van der Waals surface area contributed by atoms with Gasteiger partial charge in [0.2, 0.25) is 11.8 Å². The predicted molar refractivity (Wildman–Crippen MR) is 74.1 cm³/mol. The van der Waals surface area contributed by atoms with Crippen molar-refractivity contribution in [2.45, 2.75) is 19.9 Å². The van der Waals surface area contributed by atoms with Crippen LogP contribution < -0.4 is 14.8 Å². The van der Waals surface area contributed by atoms with Gasteiger partial charge in [0, 0.05) is 0 Å². The average Bonchev–Trinajstić information content (AvgIpc) is 2.90. The molecule has 7 nitrogen and oxygen atoms in total. The fourth-order valence-electron chi connectivity index (χ4n) is 1.82. The van der Waals surface area contributed by atoms with Crippen molar-refractivity contribution in [1.29, 1.82) is 0 Å². The van der Waals surface area contributed by atoms with E-state index in [0.29, 0.717) is 23.2 Å². The largest absolute Gasteiger partial charge is 0.493 e. The number of amides is 1. The molecule has 0 aliphatic carbocycles. The summed E-state index contributed by atoms with van der Waals surface area (Å²) in [4.78, 5) is 15.9. The maximum Gasteiger partial charge on any atom is 0.246 e. The quantitative estimate of drug-likeness (QED) is 0.862. The number of carbonyl (C=O) groups is 1. The van der Waals surface area contributed by atoms with Crippen LogP contribution in [-0.4, -0.2) is 30.3 Å². The molecule has 1 aromatic carbocycles. The molecular weight excluding hydrogens is 274 g/mol. The van der Waals surface area contributed by atoms with Crippen molar-refractivity contribution in [3.63, 3.8) is 0 Å². The van der Waals surface area contributed by atoms with E-state index >= 15 is 0 Å². The molecule has 2 rings (SSSR count). The van der Waals surface area contributed by atoms with Gasteiger partial charge in [-0.1, -0.05) is 11.2 Å². The Kier molecular flexibility index (Phi) is 4.76. The molecule has 1 N–H and O–H groups in total. The van der Waals surface area contributed by atoms with Crippen molar-refractivity contribution in [2.24, 2.45) is 0 Å². The van der Waals surface area contributed by atoms with Crippen molar-refractivity contribution in [2.75, 3.05) is 14.2 Å². The number of aryl methyl sites for hydroxylation is 1. The third-order valence-electron chi connectivity index (χ3n) is 2.82. The van der Waals surface area contributed by atoms with Gasteiger partial charge in [-0.05, 0) is 24.6 Å². The molecule has 0 aliphatic heterocycles. The summed E-state index contributed by atoms with van der Waals surface area (Å²) >= 11 is 0. The minimum atomic E-state index is -0.141. The minimum Gasteiger partial charge on any atom is -0.493 e. The van der Waals surface area contributed by atoms with Crippen molar-refractivity contribution < 1.29 is 18.8 Å². The molecule has 0 fully saturated rings. The van der Waals surface area contributed by atoms with E-state index < -0.39 is 0 Å². The van der Waals surface area contributed by atoms with Crippen molar-refractivity contribution in [3.05, 3.63) is 35.5 Å². The minimum absolute atomic E-state index is 0.141. The maximum atomic E-state index is 11.9. The molecular formula is C14H17N3O4. The third-order valence-corrected chi connectivity index (χ3v) is 2.82. The fourth-order valence-corrected chi connectivity index (χ4v) is 1.82. The number of hydrogen-bond acceptors (Lipinski definition) is 6. The number of ether oxygens (including phenoxy) is 2. The van der Waals surface area contributed by atoms with Gasteiger partial charge in [-0.15, -0.1) is 0 Å². The van der Waals surface area contributed by atoms with Crippen LogP contribution in [0.3, 0.4) is 0 Å². The van der Waals surface area contributed by atoms with Gasteiger partial charge in [0.25, 0.3) is 0 Å². The second kappa shape index (κ2) is 6.74. The van der Waals surface area contributed by atoms with E-state index in [-0.39, 0.29) is 18.9 Å². The summed E-state index contributed by atoms with van der Waals surface area (Å²) < 4.78 is 15.3. The van der Waals surface area contributed by atoms with Crippen LogP contribution >= 0.6 is 0 Å². The zero-order valence-corrected chi connectivity index (χ0v) is 12.2. The fraction of sp³-hybridized carbons (Fsp3) is 0.357. The highest BCUT2D eigenvalue weighted by Gasteiger charge is 2.09. The summed E-state index contributed by atoms with van der Waals surface area (Å²) in [6, 6.07) is 5.36. The van der Waals surface area contributed by atoms with E-state index in [0.717, 1.165) is 5.56 Å². The third kappa shape index (κ3) is 3.95. The molecule has 0 saturated heterocycles. The second-order valence-electron chi connectivity index (χ2n) is 4.38. The zero-order chi connectivity index (χ0) is 15.2. The highest BCUT2D eigenvalue weighted by Crippen LogP contribution is 2.27. The van der Waals surface area contributed by atoms with Crippen LogP contribution in [0, 0.1) is 6.92 Å². The summed E-state index contributed by atoms with van der Waals surface area (Å²) in [7, 11) is 3.12. The lowest BCUT2D eigenvalue weighted by Gasteiger charge is -2.09. The number of methoxy groups -OCH3 is 2. The highest BCUT2D eigenvalue weighted by atomic mass is 16.5. The van der Waals surface area contributed by atoms with E-state index in [9.17, 15) is 4.79 Å². The van der Waals surface area contributed by atoms with Gasteiger partial charge in [0.1, 0.15) is 0 Å². The molecule has 21 heavy (non-hydrogen) atoms. The van der Waals surface area contributed by atoms with Gasteiger partial charge in [-0.25, -0.2) is 0 Å². The molecule has 0 saturated carbocycles. The normalized spacial score (nSPS) is 10.2. The number of carbonyl (C=O) groups excluding carboxylic acids is 1. The van der Waals surface area contributed by atoms with E-state index in [1.54, 1.807) is 33.3 Å². The van der Waals surface area contributed by atoms with Crippen LogP contribution in [0.2, 0.25) is 0 Å². The first-order valence-electron chi connectivity index (χ1n) is 6.39. The predicted octanol–water partition coefficient (Wildman–Crippen LogP) is 1.25. The molecule has 1 heterocycles. The van der Waals surface area contributed by atoms with Crippen molar-refractivity contribution in [3.8, 4) is 11.5 Å². The molecule has 0 spiro atoms. The molecule has 0 bridgehead atoms. The Morgan fingerprint density at radius 2 is 2.05 bits per heavy atom. The standard InChI is InChI=1S/C14H17N3O4/c1-9-16-14(21-17-9)8-15-13(18)7-10-4-5-11(19-2)12(6-10)20-3/h4-6H,7-8H2,1-3H3,(H,15,18). The van der Waals surface area contributed by atoms with Crippen molar-refractivity contribution in [1.82, 2.24) is 15.5 Å². The molecule has 2 aromatic rings. The Labute approximate surface area is 122 Å². The Bertz CT molecular complexity index is 624. The number of benzene rings is 1. The van der Waals surface area contributed by atoms with Crippen LogP contribution in [0.15, 0.2) is 22.7 Å². The average molecular weight is 291 g/mol. The van der Waals surface area contributed by atoms with E-state index in [4.69, 9.17) is 14.0 Å². The lowest BCUT2D eigenvalue weighted by atomic mass is 10.1. The number of rotatable bonds is 6. The molecule has 7 heteroatoms. The van der Waals surface area contributed by atoms with E-state index in [1.165, 1.54) is 0 Å². The Balaban J connectivity index is 1.93. The first-order chi connectivity index (χ1) is 10.1. The van der Waals surface area contributed by atoms with Gasteiger partial charge >= 0.3 is 0 Å². The first kappa shape index (κ1) is 14.8. The highest BCUT2D eigenvalue weighted by molar-refractivity contribution is 5.78. The monoisotopic (exact) mass is 291 g/mol. The van der Waals surface area contributed by atoms with Crippen LogP contribution in [0.1, 0.15) is 17.3 Å². The number of hydrogen-bond donors (Lipinski definition) is 1. The van der Waals surface area contributed by atoms with Gasteiger partial charge < -0.3 is 19.3 Å². The van der Waals surface area contributed by atoms with Gasteiger partial charge in [0.05, 0.1) is 27.2 Å². The van der Waals surface area contributed by atoms with Crippen LogP contribution in [0.5, 0.6) is 11.5 Å². The van der Waals surface area contributed by atoms with Gasteiger partial charge in [0.15, 0.2) is 17.3 Å². The molecule has 1 aromatic heterocycles. The van der Waals surface area contributed by atoms with Crippen LogP contribution in [-0.2, 0) is 17.8 Å². The molecule has 0 aliphatic rings. The molecule has 1 amide bonds. The summed E-state index contributed by atoms with van der Waals surface area (Å²) in [5.41, 5.74) is 0.826. The summed E-state index contributed by atoms with van der Waals surface area (Å²) in [6.07, 6.45) is 0.230. The Morgan fingerprint density at radius 1 is 1.29 bits per heavy atom. The second-order valence-corrected chi connectivity index (χ2v) is 4.38. The molecule has 0 unspecified atom stereocenters. The number of nitrogens with one attached hydrogen (secondary N) is 1. The lowest BCUT2D eigenvalue weighted by Crippen LogP contribution is -2.24. The van der Waals surface area contributed by atoms with E-state index in [1.807, 2.05) is 6.07 Å². The molecule has 0 atom stereocenters.